The van der Waals surface area contributed by atoms with Crippen LogP contribution in [-0.4, -0.2) is 21.8 Å². The van der Waals surface area contributed by atoms with Crippen LogP contribution in [0.3, 0.4) is 0 Å². The SMILES string of the molecule is CC(C)(O)C#CC(C)(C)C#CC(C)(C)C#CC(=O)O. The number of carboxylic acids is 1. The fraction of sp³-hybridized carbons (Fsp3) is 0.562. The van der Waals surface area contributed by atoms with Gasteiger partial charge in [-0.3, -0.25) is 0 Å². The van der Waals surface area contributed by atoms with Crippen LogP contribution in [0.2, 0.25) is 0 Å². The minimum Gasteiger partial charge on any atom is -0.472 e. The highest BCUT2D eigenvalue weighted by atomic mass is 16.4. The predicted octanol–water partition coefficient (Wildman–Crippen LogP) is 1.90. The summed E-state index contributed by atoms with van der Waals surface area (Å²) >= 11 is 0. The van der Waals surface area contributed by atoms with E-state index >= 15 is 0 Å². The molecule has 0 bridgehead atoms. The van der Waals surface area contributed by atoms with Crippen LogP contribution in [0.5, 0.6) is 0 Å². The topological polar surface area (TPSA) is 57.5 Å². The monoisotopic (exact) mass is 260 g/mol. The van der Waals surface area contributed by atoms with Crippen molar-refractivity contribution in [2.45, 2.75) is 47.1 Å². The Morgan fingerprint density at radius 2 is 1.16 bits per heavy atom. The van der Waals surface area contributed by atoms with Gasteiger partial charge in [0.15, 0.2) is 0 Å². The summed E-state index contributed by atoms with van der Waals surface area (Å²) in [5, 5.41) is 18.1. The Kier molecular flexibility index (Phi) is 5.25. The number of hydrogen-bond acceptors (Lipinski definition) is 2. The van der Waals surface area contributed by atoms with Gasteiger partial charge >= 0.3 is 5.97 Å². The summed E-state index contributed by atoms with van der Waals surface area (Å²) < 4.78 is 0. The third kappa shape index (κ3) is 9.78. The van der Waals surface area contributed by atoms with Gasteiger partial charge in [-0.1, -0.05) is 29.6 Å². The average Bonchev–Trinajstić information content (AvgIpc) is 2.21. The van der Waals surface area contributed by atoms with Crippen LogP contribution in [0, 0.1) is 46.4 Å². The van der Waals surface area contributed by atoms with Gasteiger partial charge in [0.25, 0.3) is 0 Å². The van der Waals surface area contributed by atoms with E-state index < -0.39 is 22.4 Å². The van der Waals surface area contributed by atoms with Gasteiger partial charge in [0, 0.05) is 5.92 Å². The van der Waals surface area contributed by atoms with Crippen molar-refractivity contribution in [2.75, 3.05) is 0 Å². The van der Waals surface area contributed by atoms with Crippen molar-refractivity contribution in [1.82, 2.24) is 0 Å². The first-order chi connectivity index (χ1) is 8.33. The van der Waals surface area contributed by atoms with E-state index in [2.05, 4.69) is 35.5 Å². The van der Waals surface area contributed by atoms with Crippen LogP contribution >= 0.6 is 0 Å². The molecule has 0 saturated heterocycles. The number of rotatable bonds is 0. The minimum absolute atomic E-state index is 0.595. The number of aliphatic hydroxyl groups is 1. The molecule has 0 unspecified atom stereocenters. The highest BCUT2D eigenvalue weighted by Gasteiger charge is 2.16. The Morgan fingerprint density at radius 1 is 0.789 bits per heavy atom. The summed E-state index contributed by atoms with van der Waals surface area (Å²) in [6, 6.07) is 0. The lowest BCUT2D eigenvalue weighted by Crippen LogP contribution is -2.17. The molecule has 3 heteroatoms. The molecule has 0 aromatic carbocycles. The van der Waals surface area contributed by atoms with Gasteiger partial charge in [-0.05, 0) is 41.5 Å². The maximum absolute atomic E-state index is 10.4. The number of aliphatic carboxylic acids is 1. The molecule has 0 atom stereocenters. The molecule has 2 N–H and O–H groups in total. The summed E-state index contributed by atoms with van der Waals surface area (Å²) in [5.74, 6) is 15.0. The fourth-order valence-corrected chi connectivity index (χ4v) is 0.894. The van der Waals surface area contributed by atoms with Crippen molar-refractivity contribution in [3.05, 3.63) is 0 Å². The van der Waals surface area contributed by atoms with Crippen LogP contribution in [0.4, 0.5) is 0 Å². The predicted molar refractivity (Wildman–Crippen MR) is 74.8 cm³/mol. The van der Waals surface area contributed by atoms with E-state index in [4.69, 9.17) is 5.11 Å². The van der Waals surface area contributed by atoms with Crippen LogP contribution < -0.4 is 0 Å². The summed E-state index contributed by atoms with van der Waals surface area (Å²) in [6.07, 6.45) is 0. The van der Waals surface area contributed by atoms with E-state index in [-0.39, 0.29) is 0 Å². The van der Waals surface area contributed by atoms with Crippen molar-refractivity contribution in [3.63, 3.8) is 0 Å². The Labute approximate surface area is 115 Å². The van der Waals surface area contributed by atoms with Crippen LogP contribution in [-0.2, 0) is 4.79 Å². The van der Waals surface area contributed by atoms with Crippen LogP contribution in [0.1, 0.15) is 41.5 Å². The van der Waals surface area contributed by atoms with Gasteiger partial charge in [-0.25, -0.2) is 4.79 Å². The van der Waals surface area contributed by atoms with Gasteiger partial charge in [-0.15, -0.1) is 0 Å². The molecule has 0 aliphatic carbocycles. The lowest BCUT2D eigenvalue weighted by molar-refractivity contribution is -0.130. The summed E-state index contributed by atoms with van der Waals surface area (Å²) in [6.45, 7) is 10.4. The van der Waals surface area contributed by atoms with E-state index in [0.717, 1.165) is 0 Å². The Hall–Kier alpha value is -1.89. The van der Waals surface area contributed by atoms with Crippen LogP contribution in [0.25, 0.3) is 0 Å². The highest BCUT2D eigenvalue weighted by Crippen LogP contribution is 2.17. The zero-order valence-corrected chi connectivity index (χ0v) is 12.3. The Bertz CT molecular complexity index is 526. The van der Waals surface area contributed by atoms with Crippen molar-refractivity contribution < 1.29 is 15.0 Å². The normalized spacial score (nSPS) is 11.1. The fourth-order valence-electron chi connectivity index (χ4n) is 0.894. The molecule has 0 heterocycles. The molecule has 0 fully saturated rings. The van der Waals surface area contributed by atoms with E-state index in [1.54, 1.807) is 27.7 Å². The molecule has 0 aromatic heterocycles. The molecule has 102 valence electrons. The lowest BCUT2D eigenvalue weighted by Gasteiger charge is -2.13. The maximum Gasteiger partial charge on any atom is 0.381 e. The van der Waals surface area contributed by atoms with Crippen molar-refractivity contribution in [3.8, 4) is 35.5 Å². The number of carboxylic acid groups (broad SMARTS) is 1. The van der Waals surface area contributed by atoms with Crippen LogP contribution in [0.15, 0.2) is 0 Å². The summed E-state index contributed by atoms with van der Waals surface area (Å²) in [7, 11) is 0. The molecule has 0 spiro atoms. The van der Waals surface area contributed by atoms with Crippen molar-refractivity contribution in [1.29, 1.82) is 0 Å². The largest absolute Gasteiger partial charge is 0.472 e. The summed E-state index contributed by atoms with van der Waals surface area (Å²) in [4.78, 5) is 10.4. The molecule has 0 aliphatic heterocycles. The van der Waals surface area contributed by atoms with E-state index in [1.165, 1.54) is 0 Å². The third-order valence-corrected chi connectivity index (χ3v) is 1.85. The number of hydrogen-bond donors (Lipinski definition) is 2. The quantitative estimate of drug-likeness (QED) is 0.654. The second-order valence-corrected chi connectivity index (χ2v) is 5.86. The highest BCUT2D eigenvalue weighted by molar-refractivity contribution is 5.86. The first kappa shape index (κ1) is 17.1. The van der Waals surface area contributed by atoms with Gasteiger partial charge in [0.2, 0.25) is 0 Å². The molecule has 0 aliphatic rings. The second kappa shape index (κ2) is 5.83. The Morgan fingerprint density at radius 3 is 1.53 bits per heavy atom. The molecule has 0 saturated carbocycles. The number of carbonyl (C=O) groups is 1. The molecule has 0 aromatic rings. The molecule has 19 heavy (non-hydrogen) atoms. The molecular weight excluding hydrogens is 240 g/mol. The van der Waals surface area contributed by atoms with E-state index in [9.17, 15) is 9.90 Å². The smallest absolute Gasteiger partial charge is 0.381 e. The zero-order valence-electron chi connectivity index (χ0n) is 12.3. The molecule has 0 amide bonds. The second-order valence-electron chi connectivity index (χ2n) is 5.86. The van der Waals surface area contributed by atoms with E-state index in [0.29, 0.717) is 0 Å². The zero-order chi connectivity index (χ0) is 15.3. The Balaban J connectivity index is 5.15. The minimum atomic E-state index is -1.17. The van der Waals surface area contributed by atoms with Crippen molar-refractivity contribution >= 4 is 5.97 Å². The van der Waals surface area contributed by atoms with Gasteiger partial charge in [-0.2, -0.15) is 0 Å². The summed E-state index contributed by atoms with van der Waals surface area (Å²) in [5.41, 5.74) is -2.37. The lowest BCUT2D eigenvalue weighted by atomic mass is 9.89. The van der Waals surface area contributed by atoms with Crippen molar-refractivity contribution in [2.24, 2.45) is 10.8 Å². The first-order valence-electron chi connectivity index (χ1n) is 5.90. The maximum atomic E-state index is 10.4. The molecule has 0 radical (unpaired) electrons. The molecule has 3 nitrogen and oxygen atoms in total. The molecular formula is C16H20O3. The van der Waals surface area contributed by atoms with Gasteiger partial charge in [0.1, 0.15) is 5.60 Å². The standard InChI is InChI=1S/C16H20O3/c1-14(2,8-7-13(17)18)9-10-15(3,4)11-12-16(5,6)19/h19H,1-6H3,(H,17,18). The molecule has 0 rings (SSSR count). The first-order valence-corrected chi connectivity index (χ1v) is 5.90. The third-order valence-electron chi connectivity index (χ3n) is 1.85. The van der Waals surface area contributed by atoms with E-state index in [1.807, 2.05) is 13.8 Å². The van der Waals surface area contributed by atoms with Gasteiger partial charge in [0.05, 0.1) is 10.8 Å². The van der Waals surface area contributed by atoms with Gasteiger partial charge < -0.3 is 10.2 Å². The average molecular weight is 260 g/mol.